The Hall–Kier alpha value is -1.13. The minimum atomic E-state index is -0.966. The molecule has 0 spiro atoms. The normalized spacial score (nSPS) is 23.7. The van der Waals surface area contributed by atoms with Crippen molar-refractivity contribution in [3.05, 3.63) is 45.8 Å². The van der Waals surface area contributed by atoms with Gasteiger partial charge in [-0.25, -0.2) is 0 Å². The van der Waals surface area contributed by atoms with E-state index in [1.807, 2.05) is 17.0 Å². The predicted molar refractivity (Wildman–Crippen MR) is 99.6 cm³/mol. The largest absolute Gasteiger partial charge is 0.339 e. The lowest BCUT2D eigenvalue weighted by Gasteiger charge is -2.42. The molecule has 1 unspecified atom stereocenters. The summed E-state index contributed by atoms with van der Waals surface area (Å²) in [6.07, 6.45) is 4.60. The van der Waals surface area contributed by atoms with E-state index < -0.39 is 10.8 Å². The van der Waals surface area contributed by atoms with Crippen molar-refractivity contribution in [2.45, 2.75) is 44.4 Å². The van der Waals surface area contributed by atoms with Crippen LogP contribution in [0.15, 0.2) is 35.2 Å². The first kappa shape index (κ1) is 17.7. The Balaban J connectivity index is 1.71. The van der Waals surface area contributed by atoms with E-state index in [9.17, 15) is 9.00 Å². The third-order valence-corrected chi connectivity index (χ3v) is 6.97. The lowest BCUT2D eigenvalue weighted by molar-refractivity contribution is -0.128. The molecule has 0 saturated carbocycles. The van der Waals surface area contributed by atoms with E-state index in [4.69, 9.17) is 11.6 Å². The summed E-state index contributed by atoms with van der Waals surface area (Å²) in [5.74, 6) is 0.774. The molecule has 2 aliphatic rings. The van der Waals surface area contributed by atoms with Crippen LogP contribution in [-0.4, -0.2) is 33.9 Å². The van der Waals surface area contributed by atoms with Crippen LogP contribution in [0, 0.1) is 0 Å². The number of piperidine rings is 1. The van der Waals surface area contributed by atoms with Gasteiger partial charge in [-0.3, -0.25) is 9.00 Å². The molecule has 1 atom stereocenters. The quantitative estimate of drug-likeness (QED) is 0.810. The Morgan fingerprint density at radius 2 is 1.92 bits per heavy atom. The van der Waals surface area contributed by atoms with E-state index in [2.05, 4.69) is 19.1 Å². The molecule has 1 fully saturated rings. The molecule has 0 aromatic heterocycles. The highest BCUT2D eigenvalue weighted by Gasteiger charge is 2.36. The minimum absolute atomic E-state index is 0.0869. The maximum Gasteiger partial charge on any atom is 0.250 e. The van der Waals surface area contributed by atoms with Crippen LogP contribution >= 0.6 is 11.6 Å². The van der Waals surface area contributed by atoms with Crippen LogP contribution in [-0.2, 0) is 21.0 Å². The van der Waals surface area contributed by atoms with Gasteiger partial charge in [-0.15, -0.1) is 0 Å². The molecule has 1 aromatic rings. The van der Waals surface area contributed by atoms with Gasteiger partial charge in [0.1, 0.15) is 0 Å². The van der Waals surface area contributed by atoms with Crippen LogP contribution < -0.4 is 0 Å². The van der Waals surface area contributed by atoms with Gasteiger partial charge in [-0.1, -0.05) is 30.7 Å². The number of rotatable bonds is 3. The van der Waals surface area contributed by atoms with E-state index >= 15 is 0 Å². The second-order valence-electron chi connectivity index (χ2n) is 6.76. The van der Waals surface area contributed by atoms with Crippen molar-refractivity contribution in [1.82, 2.24) is 4.90 Å². The average molecular weight is 366 g/mol. The maximum atomic E-state index is 12.7. The first-order chi connectivity index (χ1) is 11.5. The molecule has 0 N–H and O–H groups in total. The number of benzene rings is 1. The molecule has 24 heavy (non-hydrogen) atoms. The summed E-state index contributed by atoms with van der Waals surface area (Å²) < 4.78 is 11.7. The van der Waals surface area contributed by atoms with Gasteiger partial charge in [0.05, 0.1) is 0 Å². The van der Waals surface area contributed by atoms with Crippen LogP contribution in [0.2, 0.25) is 5.02 Å². The Morgan fingerprint density at radius 1 is 1.25 bits per heavy atom. The van der Waals surface area contributed by atoms with Crippen molar-refractivity contribution in [2.24, 2.45) is 0 Å². The Bertz CT molecular complexity index is 660. The Labute approximate surface area is 151 Å². The number of likely N-dealkylation sites (tertiary alicyclic amines) is 1. The fraction of sp³-hybridized carbons (Fsp3) is 0.526. The number of carbonyl (C=O) groups excluding carboxylic acids is 1. The minimum Gasteiger partial charge on any atom is -0.339 e. The zero-order valence-corrected chi connectivity index (χ0v) is 15.7. The lowest BCUT2D eigenvalue weighted by Crippen LogP contribution is -2.45. The van der Waals surface area contributed by atoms with Gasteiger partial charge < -0.3 is 4.90 Å². The smallest absolute Gasteiger partial charge is 0.250 e. The van der Waals surface area contributed by atoms with E-state index in [0.717, 1.165) is 55.8 Å². The topological polar surface area (TPSA) is 37.4 Å². The average Bonchev–Trinajstić information content (AvgIpc) is 2.62. The molecule has 1 amide bonds. The van der Waals surface area contributed by atoms with Gasteiger partial charge in [0.15, 0.2) is 0 Å². The van der Waals surface area contributed by atoms with E-state index in [-0.39, 0.29) is 11.3 Å². The molecule has 130 valence electrons. The van der Waals surface area contributed by atoms with Gasteiger partial charge in [0.25, 0.3) is 0 Å². The summed E-state index contributed by atoms with van der Waals surface area (Å²) in [5.41, 5.74) is 2.19. The molecule has 3 rings (SSSR count). The molecular weight excluding hydrogens is 342 g/mol. The van der Waals surface area contributed by atoms with Gasteiger partial charge in [-0.05, 0) is 55.2 Å². The molecular formula is C19H24ClNO2S. The zero-order valence-electron chi connectivity index (χ0n) is 14.1. The first-order valence-corrected chi connectivity index (χ1v) is 10.4. The van der Waals surface area contributed by atoms with Crippen LogP contribution in [0.25, 0.3) is 0 Å². The fourth-order valence-corrected chi connectivity index (χ4v) is 5.04. The second-order valence-corrected chi connectivity index (χ2v) is 8.61. The van der Waals surface area contributed by atoms with E-state index in [1.165, 1.54) is 5.56 Å². The number of hydrogen-bond donors (Lipinski definition) is 0. The SMILES string of the molecule is CCC1(c2ccc(Cl)cc2)CCN(C(=O)C2=CS(=O)CCC2)CC1. The van der Waals surface area contributed by atoms with Crippen LogP contribution in [0.3, 0.4) is 0 Å². The van der Waals surface area contributed by atoms with E-state index in [1.54, 1.807) is 5.41 Å². The second kappa shape index (κ2) is 7.40. The summed E-state index contributed by atoms with van der Waals surface area (Å²) >= 11 is 6.02. The molecule has 0 aliphatic carbocycles. The molecule has 1 aromatic carbocycles. The van der Waals surface area contributed by atoms with Crippen molar-refractivity contribution >= 4 is 28.3 Å². The molecule has 1 saturated heterocycles. The third-order valence-electron chi connectivity index (χ3n) is 5.48. The molecule has 0 bridgehead atoms. The molecule has 2 aliphatic heterocycles. The van der Waals surface area contributed by atoms with Gasteiger partial charge >= 0.3 is 0 Å². The third kappa shape index (κ3) is 3.60. The Kier molecular flexibility index (Phi) is 5.46. The standard InChI is InChI=1S/C19H24ClNO2S/c1-2-19(16-5-7-17(20)8-6-16)9-11-21(12-10-19)18(22)15-4-3-13-24(23)14-15/h5-8,14H,2-4,9-13H2,1H3. The van der Waals surface area contributed by atoms with Gasteiger partial charge in [0, 0.05) is 45.6 Å². The van der Waals surface area contributed by atoms with Crippen LogP contribution in [0.5, 0.6) is 0 Å². The molecule has 2 heterocycles. The highest BCUT2D eigenvalue weighted by atomic mass is 35.5. The number of nitrogens with zero attached hydrogens (tertiary/aromatic N) is 1. The van der Waals surface area contributed by atoms with Gasteiger partial charge in [-0.2, -0.15) is 0 Å². The van der Waals surface area contributed by atoms with E-state index in [0.29, 0.717) is 5.75 Å². The molecule has 5 heteroatoms. The molecule has 3 nitrogen and oxygen atoms in total. The van der Waals surface area contributed by atoms with Crippen molar-refractivity contribution in [3.63, 3.8) is 0 Å². The first-order valence-electron chi connectivity index (χ1n) is 8.67. The van der Waals surface area contributed by atoms with Gasteiger partial charge in [0.2, 0.25) is 5.91 Å². The van der Waals surface area contributed by atoms with Crippen LogP contribution in [0.4, 0.5) is 0 Å². The maximum absolute atomic E-state index is 12.7. The Morgan fingerprint density at radius 3 is 2.50 bits per heavy atom. The number of hydrogen-bond acceptors (Lipinski definition) is 2. The lowest BCUT2D eigenvalue weighted by atomic mass is 9.71. The summed E-state index contributed by atoms with van der Waals surface area (Å²) in [6, 6.07) is 8.15. The van der Waals surface area contributed by atoms with Crippen molar-refractivity contribution in [3.8, 4) is 0 Å². The zero-order chi connectivity index (χ0) is 17.2. The summed E-state index contributed by atoms with van der Waals surface area (Å²) in [7, 11) is -0.966. The monoisotopic (exact) mass is 365 g/mol. The number of carbonyl (C=O) groups is 1. The summed E-state index contributed by atoms with van der Waals surface area (Å²) in [6.45, 7) is 3.75. The van der Waals surface area contributed by atoms with Crippen LogP contribution in [0.1, 0.15) is 44.6 Å². The highest BCUT2D eigenvalue weighted by molar-refractivity contribution is 7.88. The predicted octanol–water partition coefficient (Wildman–Crippen LogP) is 4.04. The number of amides is 1. The van der Waals surface area contributed by atoms with Crippen molar-refractivity contribution < 1.29 is 9.00 Å². The summed E-state index contributed by atoms with van der Waals surface area (Å²) in [4.78, 5) is 14.6. The number of halogens is 1. The van der Waals surface area contributed by atoms with Crippen molar-refractivity contribution in [1.29, 1.82) is 0 Å². The summed E-state index contributed by atoms with van der Waals surface area (Å²) in [5, 5.41) is 2.43. The molecule has 0 radical (unpaired) electrons. The van der Waals surface area contributed by atoms with Crippen molar-refractivity contribution in [2.75, 3.05) is 18.8 Å². The fourth-order valence-electron chi connectivity index (χ4n) is 3.83. The highest BCUT2D eigenvalue weighted by Crippen LogP contribution is 2.39.